The van der Waals surface area contributed by atoms with E-state index in [-0.39, 0.29) is 4.87 Å². The van der Waals surface area contributed by atoms with Crippen LogP contribution in [0.2, 0.25) is 0 Å². The maximum atomic E-state index is 5.83. The number of methoxy groups -OCH3 is 1. The van der Waals surface area contributed by atoms with Crippen LogP contribution in [0.5, 0.6) is 0 Å². The molecule has 0 unspecified atom stereocenters. The second-order valence-corrected chi connectivity index (χ2v) is 3.48. The lowest BCUT2D eigenvalue weighted by Gasteiger charge is -2.13. The molecule has 0 bridgehead atoms. The quantitative estimate of drug-likeness (QED) is 0.540. The highest BCUT2D eigenvalue weighted by Crippen LogP contribution is 2.16. The van der Waals surface area contributed by atoms with Crippen molar-refractivity contribution in [3.63, 3.8) is 0 Å². The molecule has 0 amide bonds. The second kappa shape index (κ2) is 3.31. The molecule has 0 aliphatic carbocycles. The Balaban J connectivity index is 3.11. The maximum absolute atomic E-state index is 5.83. The SMILES string of the molecule is COCCC(C)(C)Cl. The molecule has 2 heteroatoms. The molecular weight excluding hydrogens is 124 g/mol. The van der Waals surface area contributed by atoms with Crippen LogP contribution < -0.4 is 0 Å². The minimum absolute atomic E-state index is 0.101. The number of alkyl halides is 1. The van der Waals surface area contributed by atoms with Gasteiger partial charge in [0.15, 0.2) is 0 Å². The molecule has 0 aromatic rings. The van der Waals surface area contributed by atoms with Crippen LogP contribution in [0.25, 0.3) is 0 Å². The molecule has 0 radical (unpaired) electrons. The normalized spacial score (nSPS) is 12.0. The molecule has 0 saturated heterocycles. The molecule has 1 nitrogen and oxygen atoms in total. The van der Waals surface area contributed by atoms with Gasteiger partial charge in [-0.2, -0.15) is 0 Å². The summed E-state index contributed by atoms with van der Waals surface area (Å²) in [7, 11) is 1.68. The molecule has 0 spiro atoms. The molecule has 8 heavy (non-hydrogen) atoms. The predicted octanol–water partition coefficient (Wildman–Crippen LogP) is 2.04. The highest BCUT2D eigenvalue weighted by molar-refractivity contribution is 6.23. The van der Waals surface area contributed by atoms with Crippen molar-refractivity contribution in [3.05, 3.63) is 0 Å². The lowest BCUT2D eigenvalue weighted by Crippen LogP contribution is -2.12. The van der Waals surface area contributed by atoms with Gasteiger partial charge in [-0.1, -0.05) is 0 Å². The summed E-state index contributed by atoms with van der Waals surface area (Å²) in [5, 5.41) is 0. The highest BCUT2D eigenvalue weighted by Gasteiger charge is 2.11. The van der Waals surface area contributed by atoms with Gasteiger partial charge in [0.2, 0.25) is 0 Å². The zero-order valence-electron chi connectivity index (χ0n) is 5.70. The van der Waals surface area contributed by atoms with Gasteiger partial charge in [0.05, 0.1) is 0 Å². The van der Waals surface area contributed by atoms with Crippen LogP contribution >= 0.6 is 11.6 Å². The molecule has 0 heterocycles. The van der Waals surface area contributed by atoms with Crippen molar-refractivity contribution in [2.45, 2.75) is 25.1 Å². The zero-order valence-corrected chi connectivity index (χ0v) is 6.46. The molecule has 50 valence electrons. The Kier molecular flexibility index (Phi) is 3.41. The van der Waals surface area contributed by atoms with E-state index < -0.39 is 0 Å². The fraction of sp³-hybridized carbons (Fsp3) is 1.00. The van der Waals surface area contributed by atoms with Crippen LogP contribution in [0.1, 0.15) is 20.3 Å². The maximum Gasteiger partial charge on any atom is 0.0478 e. The van der Waals surface area contributed by atoms with E-state index in [1.165, 1.54) is 0 Å². The average molecular weight is 137 g/mol. The van der Waals surface area contributed by atoms with Gasteiger partial charge in [0, 0.05) is 18.6 Å². The second-order valence-electron chi connectivity index (χ2n) is 2.46. The smallest absolute Gasteiger partial charge is 0.0478 e. The van der Waals surface area contributed by atoms with E-state index in [1.54, 1.807) is 7.11 Å². The standard InChI is InChI=1S/C6H13ClO/c1-6(2,7)4-5-8-3/h4-5H2,1-3H3. The van der Waals surface area contributed by atoms with Gasteiger partial charge in [0.25, 0.3) is 0 Å². The summed E-state index contributed by atoms with van der Waals surface area (Å²) in [6, 6.07) is 0. The van der Waals surface area contributed by atoms with Gasteiger partial charge in [-0.05, 0) is 20.3 Å². The predicted molar refractivity (Wildman–Crippen MR) is 36.4 cm³/mol. The van der Waals surface area contributed by atoms with Gasteiger partial charge in [0.1, 0.15) is 0 Å². The van der Waals surface area contributed by atoms with Crippen LogP contribution in [-0.4, -0.2) is 18.6 Å². The molecule has 0 saturated carbocycles. The fourth-order valence-electron chi connectivity index (χ4n) is 0.345. The monoisotopic (exact) mass is 136 g/mol. The fourth-order valence-corrected chi connectivity index (χ4v) is 0.422. The summed E-state index contributed by atoms with van der Waals surface area (Å²) in [5.74, 6) is 0. The molecule has 0 fully saturated rings. The summed E-state index contributed by atoms with van der Waals surface area (Å²) < 4.78 is 4.83. The summed E-state index contributed by atoms with van der Waals surface area (Å²) in [6.07, 6.45) is 0.908. The molecule has 0 aliphatic heterocycles. The van der Waals surface area contributed by atoms with Gasteiger partial charge < -0.3 is 4.74 Å². The van der Waals surface area contributed by atoms with Gasteiger partial charge in [-0.3, -0.25) is 0 Å². The van der Waals surface area contributed by atoms with E-state index in [4.69, 9.17) is 16.3 Å². The minimum atomic E-state index is -0.101. The zero-order chi connectivity index (χ0) is 6.62. The molecule has 0 atom stereocenters. The molecule has 0 aromatic heterocycles. The van der Waals surface area contributed by atoms with Crippen LogP contribution in [-0.2, 0) is 4.74 Å². The third-order valence-electron chi connectivity index (χ3n) is 0.901. The van der Waals surface area contributed by atoms with Crippen LogP contribution in [0.3, 0.4) is 0 Å². The largest absolute Gasteiger partial charge is 0.385 e. The van der Waals surface area contributed by atoms with Crippen molar-refractivity contribution >= 4 is 11.6 Å². The molecule has 0 rings (SSSR count). The Morgan fingerprint density at radius 3 is 2.12 bits per heavy atom. The highest BCUT2D eigenvalue weighted by atomic mass is 35.5. The Morgan fingerprint density at radius 2 is 2.00 bits per heavy atom. The van der Waals surface area contributed by atoms with Crippen molar-refractivity contribution in [2.75, 3.05) is 13.7 Å². The first-order chi connectivity index (χ1) is 3.56. The number of hydrogen-bond acceptors (Lipinski definition) is 1. The lowest BCUT2D eigenvalue weighted by atomic mass is 10.1. The Labute approximate surface area is 56.0 Å². The molecule has 0 aliphatic rings. The van der Waals surface area contributed by atoms with Crippen LogP contribution in [0.15, 0.2) is 0 Å². The van der Waals surface area contributed by atoms with E-state index in [2.05, 4.69) is 0 Å². The first kappa shape index (κ1) is 8.25. The number of hydrogen-bond donors (Lipinski definition) is 0. The number of ether oxygens (including phenoxy) is 1. The van der Waals surface area contributed by atoms with Gasteiger partial charge in [-0.25, -0.2) is 0 Å². The third-order valence-corrected chi connectivity index (χ3v) is 1.09. The minimum Gasteiger partial charge on any atom is -0.385 e. The lowest BCUT2D eigenvalue weighted by molar-refractivity contribution is 0.186. The Bertz CT molecular complexity index is 56.0. The first-order valence-corrected chi connectivity index (χ1v) is 3.12. The molecule has 0 aromatic carbocycles. The van der Waals surface area contributed by atoms with Crippen molar-refractivity contribution in [2.24, 2.45) is 0 Å². The van der Waals surface area contributed by atoms with E-state index >= 15 is 0 Å². The van der Waals surface area contributed by atoms with Crippen molar-refractivity contribution in [1.82, 2.24) is 0 Å². The van der Waals surface area contributed by atoms with E-state index in [0.717, 1.165) is 13.0 Å². The molecule has 0 N–H and O–H groups in total. The van der Waals surface area contributed by atoms with Gasteiger partial charge in [-0.15, -0.1) is 11.6 Å². The van der Waals surface area contributed by atoms with Crippen molar-refractivity contribution in [3.8, 4) is 0 Å². The summed E-state index contributed by atoms with van der Waals surface area (Å²) >= 11 is 5.83. The molecular formula is C6H13ClO. The van der Waals surface area contributed by atoms with Crippen molar-refractivity contribution in [1.29, 1.82) is 0 Å². The topological polar surface area (TPSA) is 9.23 Å². The van der Waals surface area contributed by atoms with Crippen LogP contribution in [0, 0.1) is 0 Å². The van der Waals surface area contributed by atoms with E-state index in [0.29, 0.717) is 0 Å². The average Bonchev–Trinajstić information content (AvgIpc) is 1.59. The number of halogens is 1. The first-order valence-electron chi connectivity index (χ1n) is 2.74. The number of rotatable bonds is 3. The summed E-state index contributed by atoms with van der Waals surface area (Å²) in [5.41, 5.74) is 0. The van der Waals surface area contributed by atoms with Crippen LogP contribution in [0.4, 0.5) is 0 Å². The summed E-state index contributed by atoms with van der Waals surface area (Å²) in [6.45, 7) is 4.71. The third kappa shape index (κ3) is 6.25. The van der Waals surface area contributed by atoms with E-state index in [1.807, 2.05) is 13.8 Å². The summed E-state index contributed by atoms with van der Waals surface area (Å²) in [4.78, 5) is -0.101. The Morgan fingerprint density at radius 1 is 1.50 bits per heavy atom. The van der Waals surface area contributed by atoms with Gasteiger partial charge >= 0.3 is 0 Å². The Hall–Kier alpha value is 0.250. The van der Waals surface area contributed by atoms with Crippen molar-refractivity contribution < 1.29 is 4.74 Å². The van der Waals surface area contributed by atoms with E-state index in [9.17, 15) is 0 Å².